The van der Waals surface area contributed by atoms with Crippen molar-refractivity contribution in [1.29, 1.82) is 0 Å². The standard InChI is InChI=1S/C16H34N2O2S/c1-15(2,3)14(16(4,5)6)11-21(19,20)18-13-10-8-7-9-12(13)17/h12-14,18H,7-11,17H2,1-6H3. The second kappa shape index (κ2) is 6.55. The molecule has 1 fully saturated rings. The van der Waals surface area contributed by atoms with E-state index in [9.17, 15) is 8.42 Å². The molecule has 126 valence electrons. The van der Waals surface area contributed by atoms with Crippen LogP contribution < -0.4 is 10.5 Å². The minimum Gasteiger partial charge on any atom is -0.326 e. The molecular formula is C16H34N2O2S. The van der Waals surface area contributed by atoms with Gasteiger partial charge in [-0.25, -0.2) is 13.1 Å². The van der Waals surface area contributed by atoms with E-state index in [0.29, 0.717) is 0 Å². The van der Waals surface area contributed by atoms with E-state index in [1.807, 2.05) is 0 Å². The first-order chi connectivity index (χ1) is 9.33. The van der Waals surface area contributed by atoms with Gasteiger partial charge in [0.05, 0.1) is 5.75 Å². The third-order valence-electron chi connectivity index (χ3n) is 4.63. The van der Waals surface area contributed by atoms with Gasteiger partial charge in [0.2, 0.25) is 10.0 Å². The minimum absolute atomic E-state index is 0.0451. The van der Waals surface area contributed by atoms with E-state index in [-0.39, 0.29) is 34.6 Å². The Hall–Kier alpha value is -0.130. The third kappa shape index (κ3) is 5.87. The van der Waals surface area contributed by atoms with Crippen LogP contribution >= 0.6 is 0 Å². The maximum absolute atomic E-state index is 12.6. The number of nitrogens with one attached hydrogen (secondary N) is 1. The summed E-state index contributed by atoms with van der Waals surface area (Å²) in [6.07, 6.45) is 3.93. The molecule has 1 rings (SSSR count). The molecule has 4 nitrogen and oxygen atoms in total. The molecular weight excluding hydrogens is 284 g/mol. The molecule has 0 spiro atoms. The number of sulfonamides is 1. The molecule has 1 aliphatic carbocycles. The molecule has 0 aromatic heterocycles. The van der Waals surface area contributed by atoms with Gasteiger partial charge < -0.3 is 5.73 Å². The van der Waals surface area contributed by atoms with Gasteiger partial charge in [-0.1, -0.05) is 54.4 Å². The van der Waals surface area contributed by atoms with E-state index < -0.39 is 10.0 Å². The molecule has 1 aliphatic rings. The Morgan fingerprint density at radius 1 is 1.05 bits per heavy atom. The summed E-state index contributed by atoms with van der Waals surface area (Å²) in [4.78, 5) is 0. The molecule has 5 heteroatoms. The fourth-order valence-corrected chi connectivity index (χ4v) is 5.89. The third-order valence-corrected chi connectivity index (χ3v) is 6.06. The second-order valence-electron chi connectivity index (χ2n) is 8.74. The van der Waals surface area contributed by atoms with E-state index >= 15 is 0 Å². The van der Waals surface area contributed by atoms with Crippen LogP contribution in [-0.2, 0) is 10.0 Å². The summed E-state index contributed by atoms with van der Waals surface area (Å²) < 4.78 is 28.0. The average Bonchev–Trinajstić information content (AvgIpc) is 2.26. The lowest BCUT2D eigenvalue weighted by atomic mass is 9.68. The van der Waals surface area contributed by atoms with Crippen LogP contribution in [0.25, 0.3) is 0 Å². The summed E-state index contributed by atoms with van der Waals surface area (Å²) in [6.45, 7) is 12.7. The second-order valence-corrected chi connectivity index (χ2v) is 10.5. The van der Waals surface area contributed by atoms with Gasteiger partial charge in [0.1, 0.15) is 0 Å². The summed E-state index contributed by atoms with van der Waals surface area (Å²) >= 11 is 0. The van der Waals surface area contributed by atoms with Crippen molar-refractivity contribution in [2.75, 3.05) is 5.75 Å². The molecule has 0 heterocycles. The Kier molecular flexibility index (Phi) is 5.90. The van der Waals surface area contributed by atoms with Crippen molar-refractivity contribution in [3.63, 3.8) is 0 Å². The fraction of sp³-hybridized carbons (Fsp3) is 1.00. The van der Waals surface area contributed by atoms with Crippen LogP contribution in [0.2, 0.25) is 0 Å². The highest BCUT2D eigenvalue weighted by atomic mass is 32.2. The van der Waals surface area contributed by atoms with Crippen molar-refractivity contribution >= 4 is 10.0 Å². The zero-order valence-electron chi connectivity index (χ0n) is 14.6. The first kappa shape index (κ1) is 18.9. The Bertz CT molecular complexity index is 418. The van der Waals surface area contributed by atoms with Crippen LogP contribution in [0.3, 0.4) is 0 Å². The highest BCUT2D eigenvalue weighted by Gasteiger charge is 2.39. The summed E-state index contributed by atoms with van der Waals surface area (Å²) in [5.41, 5.74) is 5.95. The Balaban J connectivity index is 2.82. The Morgan fingerprint density at radius 3 is 1.95 bits per heavy atom. The van der Waals surface area contributed by atoms with Gasteiger partial charge >= 0.3 is 0 Å². The van der Waals surface area contributed by atoms with Gasteiger partial charge in [0.15, 0.2) is 0 Å². The molecule has 0 saturated heterocycles. The van der Waals surface area contributed by atoms with E-state index in [1.165, 1.54) is 0 Å². The van der Waals surface area contributed by atoms with Crippen LogP contribution in [0.5, 0.6) is 0 Å². The number of hydrogen-bond donors (Lipinski definition) is 2. The first-order valence-corrected chi connectivity index (χ1v) is 9.74. The Morgan fingerprint density at radius 2 is 1.52 bits per heavy atom. The van der Waals surface area contributed by atoms with Crippen LogP contribution in [0.4, 0.5) is 0 Å². The maximum atomic E-state index is 12.6. The van der Waals surface area contributed by atoms with Crippen molar-refractivity contribution < 1.29 is 8.42 Å². The molecule has 0 aromatic carbocycles. The molecule has 3 N–H and O–H groups in total. The number of nitrogens with two attached hydrogens (primary N) is 1. The first-order valence-electron chi connectivity index (χ1n) is 8.08. The summed E-state index contributed by atoms with van der Waals surface area (Å²) in [7, 11) is -3.31. The van der Waals surface area contributed by atoms with Crippen molar-refractivity contribution in [1.82, 2.24) is 4.72 Å². The summed E-state index contributed by atoms with van der Waals surface area (Å²) in [5.74, 6) is 0.255. The average molecular weight is 319 g/mol. The van der Waals surface area contributed by atoms with E-state index in [1.54, 1.807) is 0 Å². The maximum Gasteiger partial charge on any atom is 0.212 e. The van der Waals surface area contributed by atoms with Crippen molar-refractivity contribution in [3.8, 4) is 0 Å². The lowest BCUT2D eigenvalue weighted by molar-refractivity contribution is 0.123. The van der Waals surface area contributed by atoms with Gasteiger partial charge in [0.25, 0.3) is 0 Å². The SMILES string of the molecule is CC(C)(C)C(CS(=O)(=O)NC1CCCCC1N)C(C)(C)C. The predicted molar refractivity (Wildman–Crippen MR) is 89.6 cm³/mol. The molecule has 0 amide bonds. The van der Waals surface area contributed by atoms with Gasteiger partial charge in [0, 0.05) is 12.1 Å². The molecule has 0 aromatic rings. The van der Waals surface area contributed by atoms with E-state index in [0.717, 1.165) is 25.7 Å². The monoisotopic (exact) mass is 318 g/mol. The van der Waals surface area contributed by atoms with Gasteiger partial charge in [-0.3, -0.25) is 0 Å². The molecule has 0 bridgehead atoms. The fourth-order valence-electron chi connectivity index (χ4n) is 3.60. The predicted octanol–water partition coefficient (Wildman–Crippen LogP) is 2.88. The molecule has 2 unspecified atom stereocenters. The van der Waals surface area contributed by atoms with Gasteiger partial charge in [-0.15, -0.1) is 0 Å². The minimum atomic E-state index is -3.31. The summed E-state index contributed by atoms with van der Waals surface area (Å²) in [5, 5.41) is 0. The topological polar surface area (TPSA) is 72.2 Å². The number of hydrogen-bond acceptors (Lipinski definition) is 3. The van der Waals surface area contributed by atoms with Gasteiger partial charge in [-0.05, 0) is 29.6 Å². The molecule has 21 heavy (non-hydrogen) atoms. The van der Waals surface area contributed by atoms with Crippen molar-refractivity contribution in [2.45, 2.75) is 79.3 Å². The smallest absolute Gasteiger partial charge is 0.212 e. The van der Waals surface area contributed by atoms with Crippen molar-refractivity contribution in [2.24, 2.45) is 22.5 Å². The molecule has 1 saturated carbocycles. The largest absolute Gasteiger partial charge is 0.326 e. The Labute approximate surface area is 131 Å². The normalized spacial score (nSPS) is 25.3. The lowest BCUT2D eigenvalue weighted by Crippen LogP contribution is -2.51. The van der Waals surface area contributed by atoms with Gasteiger partial charge in [-0.2, -0.15) is 0 Å². The van der Waals surface area contributed by atoms with Crippen LogP contribution in [-0.4, -0.2) is 26.3 Å². The highest BCUT2D eigenvalue weighted by Crippen LogP contribution is 2.40. The quantitative estimate of drug-likeness (QED) is 0.837. The van der Waals surface area contributed by atoms with Crippen LogP contribution in [0.15, 0.2) is 0 Å². The molecule has 0 radical (unpaired) electrons. The van der Waals surface area contributed by atoms with Crippen molar-refractivity contribution in [3.05, 3.63) is 0 Å². The zero-order chi connectivity index (χ0) is 16.5. The number of rotatable bonds is 4. The van der Waals surface area contributed by atoms with Crippen LogP contribution in [0.1, 0.15) is 67.2 Å². The molecule has 0 aliphatic heterocycles. The van der Waals surface area contributed by atoms with E-state index in [4.69, 9.17) is 5.73 Å². The zero-order valence-corrected chi connectivity index (χ0v) is 15.4. The van der Waals surface area contributed by atoms with Crippen LogP contribution in [0, 0.1) is 16.7 Å². The lowest BCUT2D eigenvalue weighted by Gasteiger charge is -2.41. The van der Waals surface area contributed by atoms with E-state index in [2.05, 4.69) is 46.3 Å². The molecule has 2 atom stereocenters. The summed E-state index contributed by atoms with van der Waals surface area (Å²) in [6, 6.07) is -0.138. The highest BCUT2D eigenvalue weighted by molar-refractivity contribution is 7.89.